The minimum Gasteiger partial charge on any atom is -0.453 e. The van der Waals surface area contributed by atoms with Gasteiger partial charge in [-0.25, -0.2) is 19.8 Å². The first-order chi connectivity index (χ1) is 28.4. The molecule has 0 aliphatic carbocycles. The molecule has 8 rings (SSSR count). The van der Waals surface area contributed by atoms with E-state index in [1.165, 1.54) is 14.2 Å². The molecule has 2 aliphatic heterocycles. The van der Waals surface area contributed by atoms with E-state index in [1.807, 2.05) is 89.8 Å². The average molecular weight is 781 g/mol. The molecule has 14 heteroatoms. The zero-order chi connectivity index (χ0) is 40.0. The van der Waals surface area contributed by atoms with Crippen molar-refractivity contribution in [2.45, 2.75) is 49.9 Å². The second-order valence-corrected chi connectivity index (χ2v) is 14.3. The molecule has 58 heavy (non-hydrogen) atoms. The maximum atomic E-state index is 14.0. The monoisotopic (exact) mass is 780 g/mol. The number of rotatable bonds is 12. The smallest absolute Gasteiger partial charge is 0.407 e. The molecule has 14 nitrogen and oxygen atoms in total. The van der Waals surface area contributed by atoms with Gasteiger partial charge in [0.25, 0.3) is 11.8 Å². The van der Waals surface area contributed by atoms with Crippen molar-refractivity contribution in [3.63, 3.8) is 0 Å². The number of nitrogens with one attached hydrogen (secondary N) is 3. The highest BCUT2D eigenvalue weighted by atomic mass is 17.2. The minimum absolute atomic E-state index is 0.131. The van der Waals surface area contributed by atoms with Gasteiger partial charge in [0, 0.05) is 13.1 Å². The molecule has 2 aliphatic rings. The minimum atomic E-state index is -0.884. The van der Waals surface area contributed by atoms with Crippen molar-refractivity contribution in [1.82, 2.24) is 35.1 Å². The Bertz CT molecular complexity index is 2400. The first-order valence-corrected chi connectivity index (χ1v) is 19.3. The number of aromatic nitrogens is 4. The molecular weight excluding hydrogens is 737 g/mol. The number of nitrogens with zero attached hydrogens (tertiary/aromatic N) is 5. The lowest BCUT2D eigenvalue weighted by Crippen LogP contribution is -2.42. The highest BCUT2D eigenvalue weighted by molar-refractivity contribution is 5.88. The first-order valence-electron chi connectivity index (χ1n) is 19.3. The molecule has 0 radical (unpaired) electrons. The van der Waals surface area contributed by atoms with Crippen LogP contribution in [0.25, 0.3) is 33.4 Å². The lowest BCUT2D eigenvalue weighted by molar-refractivity contribution is -0.188. The van der Waals surface area contributed by atoms with E-state index in [0.29, 0.717) is 24.5 Å². The molecule has 6 aromatic rings. The molecule has 0 bridgehead atoms. The van der Waals surface area contributed by atoms with Gasteiger partial charge in [0.05, 0.1) is 49.2 Å². The number of ether oxygens (including phenoxy) is 1. The fourth-order valence-electron chi connectivity index (χ4n) is 7.98. The standard InChI is InChI=1S/C44H44N8O6/c1-56-44(55)50-39(31-13-7-4-8-14-31)43(54)51-23-9-15-36(51)40-45-26-35(49-40)29-19-17-28(18-20-29)32-21-22-33-34(25-32)48-41(47-33)37-16-10-24-52(37)42(53)38(46-27-58-57-2)30-11-5-3-6-12-30/h3-8,11-14,17-22,25-27,36-39H,9-10,15-16,23-24H2,1-2H3,(H,45,49)(H,47,48)(H,50,55)/t36-,37-,38+,39+/m0/s1. The number of aromatic amines is 2. The van der Waals surface area contributed by atoms with E-state index in [2.05, 4.69) is 43.4 Å². The van der Waals surface area contributed by atoms with Crippen LogP contribution in [0.5, 0.6) is 0 Å². The van der Waals surface area contributed by atoms with Crippen molar-refractivity contribution in [3.05, 3.63) is 132 Å². The molecule has 2 aromatic heterocycles. The fraction of sp³-hybridized carbons (Fsp3) is 0.273. The predicted molar refractivity (Wildman–Crippen MR) is 217 cm³/mol. The van der Waals surface area contributed by atoms with Gasteiger partial charge in [-0.2, -0.15) is 4.89 Å². The molecule has 4 heterocycles. The third kappa shape index (κ3) is 7.91. The number of amides is 3. The summed E-state index contributed by atoms with van der Waals surface area (Å²) in [7, 11) is 2.66. The molecule has 2 saturated heterocycles. The van der Waals surface area contributed by atoms with Crippen LogP contribution < -0.4 is 5.32 Å². The molecule has 4 atom stereocenters. The van der Waals surface area contributed by atoms with Crippen molar-refractivity contribution >= 4 is 35.3 Å². The quantitative estimate of drug-likeness (QED) is 0.0500. The molecule has 3 amide bonds. The average Bonchev–Trinajstić information content (AvgIpc) is 4.11. The second-order valence-electron chi connectivity index (χ2n) is 14.3. The number of fused-ring (bicyclic) bond motifs is 1. The Hall–Kier alpha value is -6.80. The maximum absolute atomic E-state index is 14.0. The van der Waals surface area contributed by atoms with Crippen LogP contribution >= 0.6 is 0 Å². The van der Waals surface area contributed by atoms with Gasteiger partial charge in [0.2, 0.25) is 6.40 Å². The van der Waals surface area contributed by atoms with Gasteiger partial charge in [0.1, 0.15) is 17.7 Å². The number of hydrogen-bond donors (Lipinski definition) is 3. The Morgan fingerprint density at radius 3 is 2.10 bits per heavy atom. The summed E-state index contributed by atoms with van der Waals surface area (Å²) in [6, 6.07) is 30.8. The number of hydrogen-bond acceptors (Lipinski definition) is 9. The van der Waals surface area contributed by atoms with Gasteiger partial charge in [-0.15, -0.1) is 0 Å². The van der Waals surface area contributed by atoms with Gasteiger partial charge in [0.15, 0.2) is 6.04 Å². The normalized spacial score (nSPS) is 17.8. The summed E-state index contributed by atoms with van der Waals surface area (Å²) in [6.07, 6.45) is 5.48. The summed E-state index contributed by atoms with van der Waals surface area (Å²) in [5, 5.41) is 2.71. The Kier molecular flexibility index (Phi) is 11.3. The topological polar surface area (TPSA) is 167 Å². The highest BCUT2D eigenvalue weighted by Gasteiger charge is 2.38. The molecule has 0 spiro atoms. The van der Waals surface area contributed by atoms with Gasteiger partial charge < -0.3 is 34.7 Å². The van der Waals surface area contributed by atoms with Crippen LogP contribution in [0.4, 0.5) is 4.79 Å². The number of alkyl carbamates (subject to hydrolysis) is 1. The van der Waals surface area contributed by atoms with Crippen LogP contribution in [0.15, 0.2) is 114 Å². The fourth-order valence-corrected chi connectivity index (χ4v) is 7.98. The molecule has 2 fully saturated rings. The number of aliphatic imine (C=N–C) groups is 1. The number of carbonyl (C=O) groups is 3. The van der Waals surface area contributed by atoms with Crippen molar-refractivity contribution in [2.24, 2.45) is 4.99 Å². The van der Waals surface area contributed by atoms with Gasteiger partial charge in [-0.05, 0) is 65.6 Å². The Labute approximate surface area is 335 Å². The van der Waals surface area contributed by atoms with Crippen LogP contribution in [0.1, 0.15) is 72.6 Å². The van der Waals surface area contributed by atoms with Crippen LogP contribution in [0.3, 0.4) is 0 Å². The Balaban J connectivity index is 0.971. The van der Waals surface area contributed by atoms with Crippen molar-refractivity contribution < 1.29 is 28.9 Å². The molecule has 3 N–H and O–H groups in total. The number of imidazole rings is 2. The number of H-pyrrole nitrogens is 2. The zero-order valence-corrected chi connectivity index (χ0v) is 32.2. The summed E-state index contributed by atoms with van der Waals surface area (Å²) in [5.74, 6) is 1.09. The summed E-state index contributed by atoms with van der Waals surface area (Å²) < 4.78 is 4.83. The number of likely N-dealkylation sites (tertiary alicyclic amines) is 2. The van der Waals surface area contributed by atoms with E-state index in [0.717, 1.165) is 76.9 Å². The van der Waals surface area contributed by atoms with E-state index in [1.54, 1.807) is 11.1 Å². The lowest BCUT2D eigenvalue weighted by atomic mass is 10.0. The third-order valence-corrected chi connectivity index (χ3v) is 10.9. The van der Waals surface area contributed by atoms with Crippen molar-refractivity contribution in [2.75, 3.05) is 27.3 Å². The van der Waals surface area contributed by atoms with Gasteiger partial charge in [-0.1, -0.05) is 91.0 Å². The zero-order valence-electron chi connectivity index (χ0n) is 32.2. The largest absolute Gasteiger partial charge is 0.453 e. The molecule has 296 valence electrons. The number of carbonyl (C=O) groups excluding carboxylic acids is 3. The Morgan fingerprint density at radius 1 is 0.776 bits per heavy atom. The third-order valence-electron chi connectivity index (χ3n) is 10.9. The van der Waals surface area contributed by atoms with E-state index in [9.17, 15) is 14.4 Å². The lowest BCUT2D eigenvalue weighted by Gasteiger charge is -2.28. The second kappa shape index (κ2) is 17.1. The molecule has 4 aromatic carbocycles. The first kappa shape index (κ1) is 38.1. The van der Waals surface area contributed by atoms with E-state index < -0.39 is 18.2 Å². The number of methoxy groups -OCH3 is 1. The highest BCUT2D eigenvalue weighted by Crippen LogP contribution is 2.37. The predicted octanol–water partition coefficient (Wildman–Crippen LogP) is 7.39. The SMILES string of the molecule is COOC=N[C@@H](C(=O)N1CCC[C@H]1c1nc2ccc(-c3ccc(-c4cnc([C@@H]5CCCN5C(=O)[C@H](NC(=O)OC)c5ccccc5)[nH]4)cc3)cc2[nH]1)c1ccccc1. The van der Waals surface area contributed by atoms with E-state index >= 15 is 0 Å². The molecular formula is C44H44N8O6. The van der Waals surface area contributed by atoms with E-state index in [-0.39, 0.29) is 23.9 Å². The van der Waals surface area contributed by atoms with Crippen molar-refractivity contribution in [1.29, 1.82) is 0 Å². The number of benzene rings is 4. The van der Waals surface area contributed by atoms with E-state index in [4.69, 9.17) is 19.6 Å². The van der Waals surface area contributed by atoms with Gasteiger partial charge >= 0.3 is 6.09 Å². The summed E-state index contributed by atoms with van der Waals surface area (Å²) in [4.78, 5) is 74.3. The molecule has 0 saturated carbocycles. The van der Waals surface area contributed by atoms with Crippen LogP contribution in [0.2, 0.25) is 0 Å². The summed E-state index contributed by atoms with van der Waals surface area (Å²) >= 11 is 0. The molecule has 0 unspecified atom stereocenters. The maximum Gasteiger partial charge on any atom is 0.407 e. The summed E-state index contributed by atoms with van der Waals surface area (Å²) in [6.45, 7) is 1.15. The van der Waals surface area contributed by atoms with Crippen LogP contribution in [0, 0.1) is 0 Å². The van der Waals surface area contributed by atoms with Crippen LogP contribution in [-0.2, 0) is 24.1 Å². The van der Waals surface area contributed by atoms with Crippen molar-refractivity contribution in [3.8, 4) is 22.4 Å². The van der Waals surface area contributed by atoms with Crippen LogP contribution in [-0.4, -0.2) is 81.4 Å². The Morgan fingerprint density at radius 2 is 1.41 bits per heavy atom. The summed E-state index contributed by atoms with van der Waals surface area (Å²) in [5.41, 5.74) is 6.98. The van der Waals surface area contributed by atoms with Gasteiger partial charge in [-0.3, -0.25) is 9.59 Å².